The Balaban J connectivity index is 2.18. The van der Waals surface area contributed by atoms with Gasteiger partial charge in [-0.2, -0.15) is 5.26 Å². The van der Waals surface area contributed by atoms with E-state index in [4.69, 9.17) is 0 Å². The number of hydrogen-bond acceptors (Lipinski definition) is 3. The van der Waals surface area contributed by atoms with E-state index in [1.165, 1.54) is 6.42 Å². The standard InChI is InChI=1S/C17H30N2O/c1-14(2)19-10-5-8-17(20,9-11-19)16(13-18)7-4-6-15(3)12-16/h14-15,20H,4-12H2,1-3H3. The Bertz CT molecular complexity index is 376. The highest BCUT2D eigenvalue weighted by Gasteiger charge is 2.52. The van der Waals surface area contributed by atoms with Crippen LogP contribution in [0.5, 0.6) is 0 Å². The van der Waals surface area contributed by atoms with Crippen LogP contribution in [0.25, 0.3) is 0 Å². The zero-order valence-electron chi connectivity index (χ0n) is 13.4. The second-order valence-electron chi connectivity index (χ2n) is 7.41. The number of rotatable bonds is 2. The second-order valence-corrected chi connectivity index (χ2v) is 7.41. The molecule has 114 valence electrons. The van der Waals surface area contributed by atoms with Gasteiger partial charge in [0.05, 0.1) is 17.1 Å². The van der Waals surface area contributed by atoms with Gasteiger partial charge in [0.25, 0.3) is 0 Å². The van der Waals surface area contributed by atoms with Gasteiger partial charge in [0.2, 0.25) is 0 Å². The van der Waals surface area contributed by atoms with E-state index in [1.54, 1.807) is 0 Å². The van der Waals surface area contributed by atoms with Crippen molar-refractivity contribution in [1.82, 2.24) is 4.90 Å². The Morgan fingerprint density at radius 3 is 2.55 bits per heavy atom. The van der Waals surface area contributed by atoms with E-state index in [1.807, 2.05) is 0 Å². The monoisotopic (exact) mass is 278 g/mol. The maximum Gasteiger partial charge on any atom is 0.0863 e. The van der Waals surface area contributed by atoms with Gasteiger partial charge in [-0.05, 0) is 58.4 Å². The zero-order valence-corrected chi connectivity index (χ0v) is 13.4. The fraction of sp³-hybridized carbons (Fsp3) is 0.941. The summed E-state index contributed by atoms with van der Waals surface area (Å²) in [5, 5.41) is 21.1. The van der Waals surface area contributed by atoms with Crippen molar-refractivity contribution in [1.29, 1.82) is 5.26 Å². The Labute approximate surface area is 124 Å². The summed E-state index contributed by atoms with van der Waals surface area (Å²) in [6.45, 7) is 8.63. The fourth-order valence-corrected chi connectivity index (χ4v) is 4.31. The molecule has 20 heavy (non-hydrogen) atoms. The first-order valence-electron chi connectivity index (χ1n) is 8.30. The molecule has 2 rings (SSSR count). The number of nitrogens with zero attached hydrogens (tertiary/aromatic N) is 2. The van der Waals surface area contributed by atoms with Crippen LogP contribution in [0.2, 0.25) is 0 Å². The van der Waals surface area contributed by atoms with Crippen molar-refractivity contribution < 1.29 is 5.11 Å². The predicted octanol–water partition coefficient (Wildman–Crippen LogP) is 3.33. The van der Waals surface area contributed by atoms with Gasteiger partial charge < -0.3 is 10.0 Å². The van der Waals surface area contributed by atoms with Gasteiger partial charge >= 0.3 is 0 Å². The minimum absolute atomic E-state index is 0.502. The molecule has 1 N–H and O–H groups in total. The van der Waals surface area contributed by atoms with E-state index in [9.17, 15) is 10.4 Å². The summed E-state index contributed by atoms with van der Waals surface area (Å²) in [5.74, 6) is 0.567. The first-order valence-corrected chi connectivity index (χ1v) is 8.30. The van der Waals surface area contributed by atoms with Crippen LogP contribution in [0.3, 0.4) is 0 Å². The lowest BCUT2D eigenvalue weighted by molar-refractivity contribution is -0.0901. The first kappa shape index (κ1) is 15.8. The lowest BCUT2D eigenvalue weighted by Gasteiger charge is -2.46. The fourth-order valence-electron chi connectivity index (χ4n) is 4.31. The van der Waals surface area contributed by atoms with Crippen LogP contribution in [-0.4, -0.2) is 34.7 Å². The highest BCUT2D eigenvalue weighted by atomic mass is 16.3. The van der Waals surface area contributed by atoms with Crippen LogP contribution in [0, 0.1) is 22.7 Å². The van der Waals surface area contributed by atoms with Crippen LogP contribution < -0.4 is 0 Å². The third kappa shape index (κ3) is 2.87. The molecule has 2 aliphatic rings. The molecule has 3 nitrogen and oxygen atoms in total. The van der Waals surface area contributed by atoms with Gasteiger partial charge in [-0.15, -0.1) is 0 Å². The number of nitriles is 1. The lowest BCUT2D eigenvalue weighted by Crippen LogP contribution is -2.50. The van der Waals surface area contributed by atoms with E-state index in [0.29, 0.717) is 12.0 Å². The molecule has 0 aromatic carbocycles. The number of likely N-dealkylation sites (tertiary alicyclic amines) is 1. The largest absolute Gasteiger partial charge is 0.388 e. The second kappa shape index (κ2) is 6.03. The van der Waals surface area contributed by atoms with Gasteiger partial charge in [0.15, 0.2) is 0 Å². The zero-order chi connectivity index (χ0) is 14.8. The summed E-state index contributed by atoms with van der Waals surface area (Å²) >= 11 is 0. The molecule has 1 saturated carbocycles. The van der Waals surface area contributed by atoms with Crippen molar-refractivity contribution in [3.8, 4) is 6.07 Å². The minimum Gasteiger partial charge on any atom is -0.388 e. The molecule has 2 fully saturated rings. The molecule has 3 heteroatoms. The smallest absolute Gasteiger partial charge is 0.0863 e. The average molecular weight is 278 g/mol. The number of hydrogen-bond donors (Lipinski definition) is 1. The Hall–Kier alpha value is -0.590. The van der Waals surface area contributed by atoms with Crippen molar-refractivity contribution in [2.45, 2.75) is 77.4 Å². The molecule has 1 aliphatic heterocycles. The normalized spacial score (nSPS) is 40.3. The Morgan fingerprint density at radius 2 is 1.95 bits per heavy atom. The minimum atomic E-state index is -0.778. The van der Waals surface area contributed by atoms with Crippen molar-refractivity contribution in [3.05, 3.63) is 0 Å². The Kier molecular flexibility index (Phi) is 4.76. The first-order chi connectivity index (χ1) is 9.42. The van der Waals surface area contributed by atoms with Crippen molar-refractivity contribution in [3.63, 3.8) is 0 Å². The third-order valence-corrected chi connectivity index (χ3v) is 5.68. The van der Waals surface area contributed by atoms with E-state index in [0.717, 1.165) is 51.6 Å². The highest BCUT2D eigenvalue weighted by Crippen LogP contribution is 2.50. The third-order valence-electron chi connectivity index (χ3n) is 5.68. The summed E-state index contributed by atoms with van der Waals surface area (Å²) in [6.07, 6.45) is 6.60. The molecular formula is C17H30N2O. The van der Waals surface area contributed by atoms with E-state index >= 15 is 0 Å². The molecule has 0 spiro atoms. The lowest BCUT2D eigenvalue weighted by atomic mass is 9.59. The molecule has 0 bridgehead atoms. The van der Waals surface area contributed by atoms with Crippen LogP contribution >= 0.6 is 0 Å². The SMILES string of the molecule is CC1CCCC(C#N)(C2(O)CCCN(C(C)C)CC2)C1. The number of aliphatic hydroxyl groups is 1. The molecule has 0 radical (unpaired) electrons. The van der Waals surface area contributed by atoms with Gasteiger partial charge in [0, 0.05) is 12.6 Å². The quantitative estimate of drug-likeness (QED) is 0.843. The van der Waals surface area contributed by atoms with Crippen LogP contribution in [0.4, 0.5) is 0 Å². The predicted molar refractivity (Wildman–Crippen MR) is 81.2 cm³/mol. The molecule has 3 atom stereocenters. The molecule has 0 aromatic rings. The van der Waals surface area contributed by atoms with Crippen molar-refractivity contribution in [2.75, 3.05) is 13.1 Å². The van der Waals surface area contributed by atoms with Crippen LogP contribution in [0.1, 0.15) is 65.7 Å². The van der Waals surface area contributed by atoms with Crippen molar-refractivity contribution >= 4 is 0 Å². The summed E-state index contributed by atoms with van der Waals surface area (Å²) in [6, 6.07) is 3.09. The summed E-state index contributed by atoms with van der Waals surface area (Å²) < 4.78 is 0. The van der Waals surface area contributed by atoms with Gasteiger partial charge in [-0.25, -0.2) is 0 Å². The van der Waals surface area contributed by atoms with E-state index < -0.39 is 11.0 Å². The molecule has 1 heterocycles. The highest BCUT2D eigenvalue weighted by molar-refractivity contribution is 5.14. The molecule has 0 amide bonds. The topological polar surface area (TPSA) is 47.3 Å². The average Bonchev–Trinajstić information content (AvgIpc) is 2.62. The molecule has 3 unspecified atom stereocenters. The van der Waals surface area contributed by atoms with Gasteiger partial charge in [0.1, 0.15) is 0 Å². The molecule has 0 aromatic heterocycles. The summed E-state index contributed by atoms with van der Waals surface area (Å²) in [7, 11) is 0. The van der Waals surface area contributed by atoms with E-state index in [-0.39, 0.29) is 0 Å². The maximum absolute atomic E-state index is 11.3. The van der Waals surface area contributed by atoms with Gasteiger partial charge in [-0.1, -0.05) is 19.8 Å². The van der Waals surface area contributed by atoms with Crippen LogP contribution in [0.15, 0.2) is 0 Å². The van der Waals surface area contributed by atoms with E-state index in [2.05, 4.69) is 31.7 Å². The summed E-state index contributed by atoms with van der Waals surface area (Å²) in [5.41, 5.74) is -1.28. The summed E-state index contributed by atoms with van der Waals surface area (Å²) in [4.78, 5) is 2.44. The molecule has 1 aliphatic carbocycles. The van der Waals surface area contributed by atoms with Crippen LogP contribution in [-0.2, 0) is 0 Å². The maximum atomic E-state index is 11.3. The molecular weight excluding hydrogens is 248 g/mol. The molecule has 1 saturated heterocycles. The van der Waals surface area contributed by atoms with Gasteiger partial charge in [-0.3, -0.25) is 0 Å². The van der Waals surface area contributed by atoms with Crippen molar-refractivity contribution in [2.24, 2.45) is 11.3 Å². The Morgan fingerprint density at radius 1 is 1.20 bits per heavy atom.